The molecule has 0 amide bonds. The Morgan fingerprint density at radius 3 is 2.48 bits per heavy atom. The minimum Gasteiger partial charge on any atom is -0.312 e. The van der Waals surface area contributed by atoms with Gasteiger partial charge in [0.25, 0.3) is 0 Å². The SMILES string of the molecule is N#Cc1ccc(-c2ccc(-n3cc[nH]c3=O)cc2)c(Cl)c1. The number of nitrogens with one attached hydrogen (secondary N) is 1. The van der Waals surface area contributed by atoms with Crippen LogP contribution in [-0.4, -0.2) is 9.55 Å². The Labute approximate surface area is 125 Å². The molecule has 0 bridgehead atoms. The highest BCUT2D eigenvalue weighted by Gasteiger charge is 2.06. The number of hydrogen-bond donors (Lipinski definition) is 1. The third-order valence-corrected chi connectivity index (χ3v) is 3.52. The molecule has 3 rings (SSSR count). The average molecular weight is 296 g/mol. The zero-order valence-corrected chi connectivity index (χ0v) is 11.6. The van der Waals surface area contributed by atoms with Gasteiger partial charge in [-0.25, -0.2) is 4.79 Å². The van der Waals surface area contributed by atoms with Crippen LogP contribution >= 0.6 is 11.6 Å². The van der Waals surface area contributed by atoms with Gasteiger partial charge >= 0.3 is 5.69 Å². The first kappa shape index (κ1) is 13.2. The molecule has 21 heavy (non-hydrogen) atoms. The highest BCUT2D eigenvalue weighted by molar-refractivity contribution is 6.33. The average Bonchev–Trinajstić information content (AvgIpc) is 2.93. The summed E-state index contributed by atoms with van der Waals surface area (Å²) < 4.78 is 1.52. The third kappa shape index (κ3) is 2.47. The molecule has 0 atom stereocenters. The van der Waals surface area contributed by atoms with Crippen LogP contribution in [-0.2, 0) is 0 Å². The van der Waals surface area contributed by atoms with Crippen LogP contribution in [0.2, 0.25) is 5.02 Å². The van der Waals surface area contributed by atoms with Gasteiger partial charge in [0, 0.05) is 23.0 Å². The molecule has 0 aliphatic carbocycles. The molecule has 0 aliphatic rings. The summed E-state index contributed by atoms with van der Waals surface area (Å²) in [6.45, 7) is 0. The molecule has 0 fully saturated rings. The van der Waals surface area contributed by atoms with E-state index in [1.165, 1.54) is 4.57 Å². The number of aromatic amines is 1. The van der Waals surface area contributed by atoms with Crippen LogP contribution in [0.25, 0.3) is 16.8 Å². The monoisotopic (exact) mass is 295 g/mol. The summed E-state index contributed by atoms with van der Waals surface area (Å²) in [6.07, 6.45) is 3.26. The fraction of sp³-hybridized carbons (Fsp3) is 0. The van der Waals surface area contributed by atoms with Crippen LogP contribution in [0.1, 0.15) is 5.56 Å². The van der Waals surface area contributed by atoms with E-state index in [2.05, 4.69) is 11.1 Å². The molecule has 0 unspecified atom stereocenters. The van der Waals surface area contributed by atoms with Crippen molar-refractivity contribution in [2.24, 2.45) is 0 Å². The lowest BCUT2D eigenvalue weighted by atomic mass is 10.0. The van der Waals surface area contributed by atoms with Crippen LogP contribution in [0, 0.1) is 11.3 Å². The van der Waals surface area contributed by atoms with E-state index in [0.717, 1.165) is 16.8 Å². The fourth-order valence-corrected chi connectivity index (χ4v) is 2.43. The van der Waals surface area contributed by atoms with E-state index in [4.69, 9.17) is 16.9 Å². The lowest BCUT2D eigenvalue weighted by molar-refractivity contribution is 0.988. The van der Waals surface area contributed by atoms with E-state index < -0.39 is 0 Å². The molecule has 5 heteroatoms. The summed E-state index contributed by atoms with van der Waals surface area (Å²) in [5.41, 5.74) is 2.90. The number of benzene rings is 2. The third-order valence-electron chi connectivity index (χ3n) is 3.20. The Morgan fingerprint density at radius 2 is 1.90 bits per heavy atom. The predicted molar refractivity (Wildman–Crippen MR) is 81.6 cm³/mol. The number of rotatable bonds is 2. The molecule has 0 radical (unpaired) electrons. The molecule has 2 aromatic carbocycles. The van der Waals surface area contributed by atoms with Gasteiger partial charge in [0.1, 0.15) is 0 Å². The van der Waals surface area contributed by atoms with Crippen molar-refractivity contribution in [2.75, 3.05) is 0 Å². The lowest BCUT2D eigenvalue weighted by Crippen LogP contribution is -2.13. The van der Waals surface area contributed by atoms with E-state index in [1.54, 1.807) is 24.5 Å². The number of hydrogen-bond acceptors (Lipinski definition) is 2. The number of aromatic nitrogens is 2. The quantitative estimate of drug-likeness (QED) is 0.788. The lowest BCUT2D eigenvalue weighted by Gasteiger charge is -2.07. The molecule has 0 saturated heterocycles. The highest BCUT2D eigenvalue weighted by Crippen LogP contribution is 2.29. The van der Waals surface area contributed by atoms with Gasteiger partial charge in [-0.15, -0.1) is 0 Å². The van der Waals surface area contributed by atoms with Crippen LogP contribution in [0.5, 0.6) is 0 Å². The molecule has 0 aliphatic heterocycles. The molecule has 3 aromatic rings. The van der Waals surface area contributed by atoms with Gasteiger partial charge in [-0.1, -0.05) is 29.8 Å². The van der Waals surface area contributed by atoms with Crippen molar-refractivity contribution in [3.63, 3.8) is 0 Å². The van der Waals surface area contributed by atoms with Crippen molar-refractivity contribution >= 4 is 11.6 Å². The molecule has 0 saturated carbocycles. The van der Waals surface area contributed by atoms with Crippen molar-refractivity contribution in [1.29, 1.82) is 5.26 Å². The summed E-state index contributed by atoms with van der Waals surface area (Å²) in [5.74, 6) is 0. The minimum absolute atomic E-state index is 0.181. The van der Waals surface area contributed by atoms with Gasteiger partial charge < -0.3 is 4.98 Å². The van der Waals surface area contributed by atoms with Gasteiger partial charge in [-0.3, -0.25) is 4.57 Å². The van der Waals surface area contributed by atoms with Crippen LogP contribution < -0.4 is 5.69 Å². The van der Waals surface area contributed by atoms with Gasteiger partial charge in [-0.05, 0) is 29.8 Å². The van der Waals surface area contributed by atoms with Crippen LogP contribution in [0.15, 0.2) is 59.7 Å². The van der Waals surface area contributed by atoms with E-state index in [-0.39, 0.29) is 5.69 Å². The van der Waals surface area contributed by atoms with Gasteiger partial charge in [-0.2, -0.15) is 5.26 Å². The van der Waals surface area contributed by atoms with Crippen LogP contribution in [0.3, 0.4) is 0 Å². The molecule has 102 valence electrons. The normalized spacial score (nSPS) is 10.3. The van der Waals surface area contributed by atoms with Gasteiger partial charge in [0.05, 0.1) is 17.3 Å². The minimum atomic E-state index is -0.181. The fourth-order valence-electron chi connectivity index (χ4n) is 2.14. The van der Waals surface area contributed by atoms with Crippen molar-refractivity contribution in [2.45, 2.75) is 0 Å². The number of nitriles is 1. The first-order chi connectivity index (χ1) is 10.2. The van der Waals surface area contributed by atoms with Crippen molar-refractivity contribution in [3.05, 3.63) is 75.9 Å². The summed E-state index contributed by atoms with van der Waals surface area (Å²) in [4.78, 5) is 14.1. The second-order valence-corrected chi connectivity index (χ2v) is 4.90. The summed E-state index contributed by atoms with van der Waals surface area (Å²) in [7, 11) is 0. The maximum Gasteiger partial charge on any atom is 0.330 e. The molecular formula is C16H10ClN3O. The predicted octanol–water partition coefficient (Wildman–Crippen LogP) is 3.36. The second-order valence-electron chi connectivity index (χ2n) is 4.49. The largest absolute Gasteiger partial charge is 0.330 e. The molecular weight excluding hydrogens is 286 g/mol. The van der Waals surface area contributed by atoms with E-state index in [0.29, 0.717) is 10.6 Å². The summed E-state index contributed by atoms with van der Waals surface area (Å²) in [6, 6.07) is 14.7. The van der Waals surface area contributed by atoms with Gasteiger partial charge in [0.2, 0.25) is 0 Å². The first-order valence-electron chi connectivity index (χ1n) is 6.25. The highest BCUT2D eigenvalue weighted by atomic mass is 35.5. The van der Waals surface area contributed by atoms with E-state index >= 15 is 0 Å². The van der Waals surface area contributed by atoms with Crippen LogP contribution in [0.4, 0.5) is 0 Å². The maximum absolute atomic E-state index is 11.6. The first-order valence-corrected chi connectivity index (χ1v) is 6.63. The number of nitrogens with zero attached hydrogens (tertiary/aromatic N) is 2. The Bertz CT molecular complexity index is 885. The van der Waals surface area contributed by atoms with E-state index in [1.807, 2.05) is 30.3 Å². The van der Waals surface area contributed by atoms with E-state index in [9.17, 15) is 4.79 Å². The smallest absolute Gasteiger partial charge is 0.312 e. The Kier molecular flexibility index (Phi) is 3.35. The summed E-state index contributed by atoms with van der Waals surface area (Å²) in [5, 5.41) is 9.38. The molecule has 0 spiro atoms. The summed E-state index contributed by atoms with van der Waals surface area (Å²) >= 11 is 6.20. The molecule has 1 heterocycles. The number of halogens is 1. The Hall–Kier alpha value is -2.77. The van der Waals surface area contributed by atoms with Crippen molar-refractivity contribution in [1.82, 2.24) is 9.55 Å². The number of imidazole rings is 1. The molecule has 1 aromatic heterocycles. The Morgan fingerprint density at radius 1 is 1.14 bits per heavy atom. The topological polar surface area (TPSA) is 61.6 Å². The molecule has 1 N–H and O–H groups in total. The Balaban J connectivity index is 2.00. The van der Waals surface area contributed by atoms with Crippen molar-refractivity contribution in [3.8, 4) is 22.9 Å². The number of H-pyrrole nitrogens is 1. The second kappa shape index (κ2) is 5.31. The maximum atomic E-state index is 11.6. The zero-order valence-electron chi connectivity index (χ0n) is 10.9. The molecule has 4 nitrogen and oxygen atoms in total. The zero-order chi connectivity index (χ0) is 14.8. The standard InChI is InChI=1S/C16H10ClN3O/c17-15-9-11(10-18)1-6-14(15)12-2-4-13(5-3-12)20-8-7-19-16(20)21/h1-9H,(H,19,21). The van der Waals surface area contributed by atoms with Gasteiger partial charge in [0.15, 0.2) is 0 Å². The van der Waals surface area contributed by atoms with Crippen molar-refractivity contribution < 1.29 is 0 Å².